The molecule has 3 saturated heterocycles. The molecule has 0 saturated carbocycles. The molecule has 1 unspecified atom stereocenters. The Morgan fingerprint density at radius 2 is 1.89 bits per heavy atom. The van der Waals surface area contributed by atoms with Crippen LogP contribution in [0.1, 0.15) is 32.3 Å². The normalized spacial score (nSPS) is 21.7. The van der Waals surface area contributed by atoms with Gasteiger partial charge in [0.2, 0.25) is 5.95 Å². The van der Waals surface area contributed by atoms with Gasteiger partial charge in [0.05, 0.1) is 24.8 Å². The third-order valence-corrected chi connectivity index (χ3v) is 8.63. The molecule has 230 valence electrons. The zero-order valence-electron chi connectivity index (χ0n) is 25.1. The Kier molecular flexibility index (Phi) is 8.88. The number of amides is 1. The van der Waals surface area contributed by atoms with Gasteiger partial charge in [-0.05, 0) is 56.3 Å². The number of nitriles is 1. The maximum Gasteiger partial charge on any atom is 0.251 e. The summed E-state index contributed by atoms with van der Waals surface area (Å²) in [5, 5.41) is 22.8. The van der Waals surface area contributed by atoms with Gasteiger partial charge in [0.1, 0.15) is 30.4 Å². The van der Waals surface area contributed by atoms with Crippen molar-refractivity contribution in [3.8, 4) is 23.2 Å². The van der Waals surface area contributed by atoms with Crippen molar-refractivity contribution in [2.75, 3.05) is 56.2 Å². The first-order valence-corrected chi connectivity index (χ1v) is 15.2. The predicted octanol–water partition coefficient (Wildman–Crippen LogP) is 2.81. The molecule has 3 aromatic rings. The molecule has 44 heavy (non-hydrogen) atoms. The van der Waals surface area contributed by atoms with Crippen molar-refractivity contribution >= 4 is 23.2 Å². The molecule has 0 aliphatic carbocycles. The van der Waals surface area contributed by atoms with Crippen LogP contribution in [0.15, 0.2) is 48.8 Å². The fraction of sp³-hybridized carbons (Fsp3) is 0.469. The number of carbonyl (C=O) groups excluding carboxylic acids is 1. The number of aromatic nitrogens is 3. The second-order valence-electron chi connectivity index (χ2n) is 11.7. The fourth-order valence-corrected chi connectivity index (χ4v) is 6.00. The van der Waals surface area contributed by atoms with Crippen LogP contribution in [-0.4, -0.2) is 106 Å². The van der Waals surface area contributed by atoms with Crippen molar-refractivity contribution in [1.82, 2.24) is 24.8 Å². The van der Waals surface area contributed by atoms with E-state index in [2.05, 4.69) is 48.3 Å². The van der Waals surface area contributed by atoms with Crippen molar-refractivity contribution in [3.63, 3.8) is 0 Å². The second kappa shape index (κ2) is 13.1. The Morgan fingerprint density at radius 3 is 2.55 bits per heavy atom. The van der Waals surface area contributed by atoms with Crippen molar-refractivity contribution in [3.05, 3.63) is 54.4 Å². The summed E-state index contributed by atoms with van der Waals surface area (Å²) in [4.78, 5) is 32.1. The molecule has 12 nitrogen and oxygen atoms in total. The van der Waals surface area contributed by atoms with Crippen LogP contribution < -0.4 is 15.0 Å². The minimum absolute atomic E-state index is 0.0729. The number of likely N-dealkylation sites (tertiary alicyclic amines) is 1. The van der Waals surface area contributed by atoms with Crippen molar-refractivity contribution in [1.29, 1.82) is 5.26 Å². The Balaban J connectivity index is 1.07. The number of piperidine rings is 1. The van der Waals surface area contributed by atoms with Gasteiger partial charge in [0.25, 0.3) is 5.91 Å². The molecule has 3 aliphatic rings. The fourth-order valence-electron chi connectivity index (χ4n) is 6.00. The van der Waals surface area contributed by atoms with E-state index < -0.39 is 6.10 Å². The summed E-state index contributed by atoms with van der Waals surface area (Å²) in [5.41, 5.74) is 3.11. The second-order valence-corrected chi connectivity index (χ2v) is 11.7. The van der Waals surface area contributed by atoms with E-state index >= 15 is 0 Å². The predicted molar refractivity (Wildman–Crippen MR) is 165 cm³/mol. The average Bonchev–Trinajstić information content (AvgIpc) is 3.01. The molecule has 4 heterocycles. The molecule has 2 aromatic carbocycles. The molecule has 6 rings (SSSR count). The number of nitrogens with zero attached hydrogens (tertiary/aromatic N) is 7. The van der Waals surface area contributed by atoms with E-state index in [0.29, 0.717) is 54.1 Å². The van der Waals surface area contributed by atoms with E-state index in [1.807, 2.05) is 25.1 Å². The maximum atomic E-state index is 12.2. The number of benzene rings is 2. The lowest BCUT2D eigenvalue weighted by Gasteiger charge is -2.43. The molecule has 0 spiro atoms. The molecular weight excluding hydrogens is 560 g/mol. The highest BCUT2D eigenvalue weighted by atomic mass is 16.5. The zero-order chi connectivity index (χ0) is 30.6. The van der Waals surface area contributed by atoms with Crippen LogP contribution in [0.2, 0.25) is 0 Å². The van der Waals surface area contributed by atoms with Crippen LogP contribution in [0.4, 0.5) is 17.3 Å². The highest BCUT2D eigenvalue weighted by molar-refractivity contribution is 5.80. The number of piperazine rings is 1. The van der Waals surface area contributed by atoms with Crippen LogP contribution in [-0.2, 0) is 9.53 Å². The van der Waals surface area contributed by atoms with Crippen molar-refractivity contribution in [2.24, 2.45) is 0 Å². The minimum Gasteiger partial charge on any atom is -0.489 e. The summed E-state index contributed by atoms with van der Waals surface area (Å²) < 4.78 is 11.5. The first kappa shape index (κ1) is 29.7. The lowest BCUT2D eigenvalue weighted by Crippen LogP contribution is -2.56. The summed E-state index contributed by atoms with van der Waals surface area (Å²) in [6.07, 6.45) is 1.51. The smallest absolute Gasteiger partial charge is 0.251 e. The van der Waals surface area contributed by atoms with Gasteiger partial charge in [-0.15, -0.1) is 0 Å². The number of aliphatic hydroxyl groups is 1. The molecule has 12 heteroatoms. The monoisotopic (exact) mass is 598 g/mol. The average molecular weight is 599 g/mol. The molecule has 2 N–H and O–H groups in total. The summed E-state index contributed by atoms with van der Waals surface area (Å²) >= 11 is 0. The number of hydrogen-bond donors (Lipinski definition) is 2. The molecule has 0 radical (unpaired) electrons. The van der Waals surface area contributed by atoms with Gasteiger partial charge < -0.3 is 29.7 Å². The summed E-state index contributed by atoms with van der Waals surface area (Å²) in [6.45, 7) is 9.73. The van der Waals surface area contributed by atoms with Gasteiger partial charge in [0, 0.05) is 68.5 Å². The number of aliphatic hydroxyl groups excluding tert-OH is 1. The highest BCUT2D eigenvalue weighted by Crippen LogP contribution is 2.29. The van der Waals surface area contributed by atoms with E-state index in [4.69, 9.17) is 9.47 Å². The molecule has 3 aliphatic heterocycles. The van der Waals surface area contributed by atoms with E-state index in [-0.39, 0.29) is 18.1 Å². The molecule has 0 bridgehead atoms. The maximum absolute atomic E-state index is 12.2. The van der Waals surface area contributed by atoms with Gasteiger partial charge in [0.15, 0.2) is 5.82 Å². The van der Waals surface area contributed by atoms with Gasteiger partial charge in [-0.1, -0.05) is 0 Å². The number of rotatable bonds is 8. The SMILES string of the molecule is CC(O)C(=O)N1CC[C@H](Oc2ccc(-c3ncnc(Nc4ccc(N5CCN(C6COC6)CC5)cc4)n3)cc2C#N)C[C@H]1C. The van der Waals surface area contributed by atoms with E-state index in [9.17, 15) is 15.2 Å². The Hall–Kier alpha value is -4.31. The van der Waals surface area contributed by atoms with Crippen LogP contribution >= 0.6 is 0 Å². The van der Waals surface area contributed by atoms with Crippen molar-refractivity contribution in [2.45, 2.75) is 51.0 Å². The zero-order valence-corrected chi connectivity index (χ0v) is 25.1. The number of nitrogens with one attached hydrogen (secondary N) is 1. The largest absolute Gasteiger partial charge is 0.489 e. The molecular formula is C32H38N8O4. The van der Waals surface area contributed by atoms with E-state index in [0.717, 1.165) is 45.1 Å². The van der Waals surface area contributed by atoms with Crippen LogP contribution in [0.5, 0.6) is 5.75 Å². The van der Waals surface area contributed by atoms with E-state index in [1.165, 1.54) is 18.9 Å². The molecule has 1 amide bonds. The lowest BCUT2D eigenvalue weighted by atomic mass is 9.99. The summed E-state index contributed by atoms with van der Waals surface area (Å²) in [5.74, 6) is 1.06. The number of anilines is 3. The minimum atomic E-state index is -1.02. The Labute approximate surface area is 257 Å². The number of carbonyl (C=O) groups is 1. The lowest BCUT2D eigenvalue weighted by molar-refractivity contribution is -0.143. The van der Waals surface area contributed by atoms with Crippen LogP contribution in [0, 0.1) is 11.3 Å². The third kappa shape index (κ3) is 6.60. The van der Waals surface area contributed by atoms with Crippen LogP contribution in [0.3, 0.4) is 0 Å². The van der Waals surface area contributed by atoms with Gasteiger partial charge >= 0.3 is 0 Å². The number of hydrogen-bond acceptors (Lipinski definition) is 11. The van der Waals surface area contributed by atoms with Gasteiger partial charge in [-0.25, -0.2) is 9.97 Å². The third-order valence-electron chi connectivity index (χ3n) is 8.63. The number of ether oxygens (including phenoxy) is 2. The Bertz CT molecular complexity index is 1500. The Morgan fingerprint density at radius 1 is 1.11 bits per heavy atom. The van der Waals surface area contributed by atoms with Gasteiger partial charge in [-0.3, -0.25) is 9.69 Å². The van der Waals surface area contributed by atoms with E-state index in [1.54, 1.807) is 17.0 Å². The quantitative estimate of drug-likeness (QED) is 0.396. The summed E-state index contributed by atoms with van der Waals surface area (Å²) in [6, 6.07) is 16.3. The highest BCUT2D eigenvalue weighted by Gasteiger charge is 2.32. The van der Waals surface area contributed by atoms with Crippen molar-refractivity contribution < 1.29 is 19.4 Å². The topological polar surface area (TPSA) is 140 Å². The molecule has 1 aromatic heterocycles. The summed E-state index contributed by atoms with van der Waals surface area (Å²) in [7, 11) is 0. The molecule has 3 atom stereocenters. The first-order chi connectivity index (χ1) is 21.4. The van der Waals surface area contributed by atoms with Crippen LogP contribution in [0.25, 0.3) is 11.4 Å². The molecule has 3 fully saturated rings. The first-order valence-electron chi connectivity index (χ1n) is 15.2. The standard InChI is InChI=1S/C32H38N8O4/c1-21-15-28(9-10-40(21)31(42)22(2)41)44-29-8-3-23(16-24(29)17-33)30-34-20-35-32(37-30)36-25-4-6-26(7-5-25)38-11-13-39(14-12-38)27-18-43-19-27/h3-8,16,20-22,27-28,41H,9-15,18-19H2,1-2H3,(H,34,35,36,37)/t21-,22?,28+/m1/s1. The van der Waals surface area contributed by atoms with Gasteiger partial charge in [-0.2, -0.15) is 10.2 Å².